The zero-order valence-corrected chi connectivity index (χ0v) is 18.4. The number of hydrogen-bond acceptors (Lipinski definition) is 4. The zero-order valence-electron chi connectivity index (χ0n) is 18.4. The number of nitrogens with zero attached hydrogens (tertiary/aromatic N) is 3. The molecule has 3 aromatic carbocycles. The molecule has 0 spiro atoms. The van der Waals surface area contributed by atoms with Gasteiger partial charge >= 0.3 is 0 Å². The Balaban J connectivity index is 1.58. The fourth-order valence-corrected chi connectivity index (χ4v) is 3.46. The standard InChI is InChI=1S/C26H25N3O3/c1-19-25(26(30)29(28(19)2)22-12-8-5-9-13-22)27-17-21-14-15-23(24(16-21)31-3)32-18-20-10-6-4-7-11-20/h4-17H,18H2,1-3H3. The smallest absolute Gasteiger partial charge is 0.297 e. The van der Waals surface area contributed by atoms with Crippen molar-refractivity contribution in [3.8, 4) is 17.2 Å². The number of rotatable bonds is 7. The molecule has 0 N–H and O–H groups in total. The Bertz CT molecular complexity index is 1290. The minimum Gasteiger partial charge on any atom is -0.493 e. The Kier molecular flexibility index (Phi) is 6.22. The van der Waals surface area contributed by atoms with Crippen molar-refractivity contribution < 1.29 is 9.47 Å². The van der Waals surface area contributed by atoms with E-state index in [0.29, 0.717) is 23.8 Å². The van der Waals surface area contributed by atoms with Gasteiger partial charge in [0.15, 0.2) is 17.2 Å². The summed E-state index contributed by atoms with van der Waals surface area (Å²) in [5.41, 5.74) is 3.70. The van der Waals surface area contributed by atoms with E-state index in [9.17, 15) is 4.79 Å². The Morgan fingerprint density at radius 2 is 1.62 bits per heavy atom. The molecule has 162 valence electrons. The van der Waals surface area contributed by atoms with Gasteiger partial charge in [0.25, 0.3) is 5.56 Å². The second-order valence-corrected chi connectivity index (χ2v) is 7.35. The molecule has 0 aliphatic carbocycles. The van der Waals surface area contributed by atoms with Gasteiger partial charge in [0.1, 0.15) is 6.61 Å². The van der Waals surface area contributed by atoms with E-state index in [-0.39, 0.29) is 5.56 Å². The minimum absolute atomic E-state index is 0.165. The summed E-state index contributed by atoms with van der Waals surface area (Å²) < 4.78 is 14.8. The monoisotopic (exact) mass is 427 g/mol. The van der Waals surface area contributed by atoms with Crippen molar-refractivity contribution in [2.45, 2.75) is 13.5 Å². The first-order chi connectivity index (χ1) is 15.6. The van der Waals surface area contributed by atoms with E-state index >= 15 is 0 Å². The summed E-state index contributed by atoms with van der Waals surface area (Å²) in [4.78, 5) is 17.5. The van der Waals surface area contributed by atoms with E-state index in [1.54, 1.807) is 18.0 Å². The first-order valence-electron chi connectivity index (χ1n) is 10.3. The summed E-state index contributed by atoms with van der Waals surface area (Å²) >= 11 is 0. The van der Waals surface area contributed by atoms with Gasteiger partial charge in [-0.05, 0) is 48.4 Å². The molecule has 0 aliphatic rings. The van der Waals surface area contributed by atoms with Gasteiger partial charge in [-0.3, -0.25) is 9.48 Å². The van der Waals surface area contributed by atoms with E-state index < -0.39 is 0 Å². The topological polar surface area (TPSA) is 57.8 Å². The highest BCUT2D eigenvalue weighted by Crippen LogP contribution is 2.28. The fraction of sp³-hybridized carbons (Fsp3) is 0.154. The van der Waals surface area contributed by atoms with Crippen LogP contribution < -0.4 is 15.0 Å². The van der Waals surface area contributed by atoms with Crippen molar-refractivity contribution in [2.24, 2.45) is 12.0 Å². The maximum atomic E-state index is 13.0. The van der Waals surface area contributed by atoms with E-state index in [1.165, 1.54) is 0 Å². The summed E-state index contributed by atoms with van der Waals surface area (Å²) in [6, 6.07) is 25.1. The molecule has 0 atom stereocenters. The van der Waals surface area contributed by atoms with Gasteiger partial charge in [0.05, 0.1) is 18.5 Å². The molecule has 0 saturated carbocycles. The Labute approximate surface area is 187 Å². The van der Waals surface area contributed by atoms with Crippen LogP contribution in [0.1, 0.15) is 16.8 Å². The summed E-state index contributed by atoms with van der Waals surface area (Å²) in [5, 5.41) is 0. The van der Waals surface area contributed by atoms with Crippen LogP contribution in [0.15, 0.2) is 88.6 Å². The molecule has 32 heavy (non-hydrogen) atoms. The SMILES string of the molecule is COc1cc(C=Nc2c(C)n(C)n(-c3ccccc3)c2=O)ccc1OCc1ccccc1. The van der Waals surface area contributed by atoms with E-state index in [1.807, 2.05) is 97.5 Å². The van der Waals surface area contributed by atoms with Gasteiger partial charge in [0, 0.05) is 13.3 Å². The second-order valence-electron chi connectivity index (χ2n) is 7.35. The lowest BCUT2D eigenvalue weighted by atomic mass is 10.2. The van der Waals surface area contributed by atoms with Gasteiger partial charge < -0.3 is 9.47 Å². The zero-order chi connectivity index (χ0) is 22.5. The molecule has 0 amide bonds. The molecule has 0 unspecified atom stereocenters. The molecule has 6 nitrogen and oxygen atoms in total. The molecule has 1 heterocycles. The summed E-state index contributed by atoms with van der Waals surface area (Å²) in [6.07, 6.45) is 1.67. The third kappa shape index (κ3) is 4.34. The summed E-state index contributed by atoms with van der Waals surface area (Å²) in [5.74, 6) is 1.26. The van der Waals surface area contributed by atoms with Crippen molar-refractivity contribution >= 4 is 11.9 Å². The predicted molar refractivity (Wildman–Crippen MR) is 127 cm³/mol. The van der Waals surface area contributed by atoms with Crippen molar-refractivity contribution in [2.75, 3.05) is 7.11 Å². The van der Waals surface area contributed by atoms with Crippen LogP contribution in [0, 0.1) is 6.92 Å². The molecule has 6 heteroatoms. The number of aliphatic imine (C=N–C) groups is 1. The number of ether oxygens (including phenoxy) is 2. The number of para-hydroxylation sites is 1. The highest BCUT2D eigenvalue weighted by atomic mass is 16.5. The van der Waals surface area contributed by atoms with E-state index in [0.717, 1.165) is 22.5 Å². The molecule has 0 aliphatic heterocycles. The van der Waals surface area contributed by atoms with Crippen LogP contribution in [0.2, 0.25) is 0 Å². The number of methoxy groups -OCH3 is 1. The summed E-state index contributed by atoms with van der Waals surface area (Å²) in [7, 11) is 3.45. The highest BCUT2D eigenvalue weighted by Gasteiger charge is 2.15. The van der Waals surface area contributed by atoms with E-state index in [4.69, 9.17) is 9.47 Å². The van der Waals surface area contributed by atoms with Crippen molar-refractivity contribution in [3.05, 3.63) is 106 Å². The average Bonchev–Trinajstić information content (AvgIpc) is 3.05. The molecule has 0 fully saturated rings. The normalized spacial score (nSPS) is 11.1. The molecule has 4 aromatic rings. The predicted octanol–water partition coefficient (Wildman–Crippen LogP) is 4.82. The Hall–Kier alpha value is -4.06. The Morgan fingerprint density at radius 1 is 0.938 bits per heavy atom. The van der Waals surface area contributed by atoms with Crippen LogP contribution in [0.5, 0.6) is 11.5 Å². The van der Waals surface area contributed by atoms with Gasteiger partial charge in [-0.1, -0.05) is 48.5 Å². The minimum atomic E-state index is -0.165. The lowest BCUT2D eigenvalue weighted by molar-refractivity contribution is 0.284. The maximum absolute atomic E-state index is 13.0. The van der Waals surface area contributed by atoms with Gasteiger partial charge in [-0.15, -0.1) is 0 Å². The van der Waals surface area contributed by atoms with Crippen molar-refractivity contribution in [1.82, 2.24) is 9.36 Å². The van der Waals surface area contributed by atoms with Crippen LogP contribution in [0.4, 0.5) is 5.69 Å². The quantitative estimate of drug-likeness (QED) is 0.397. The van der Waals surface area contributed by atoms with Gasteiger partial charge in [0.2, 0.25) is 0 Å². The van der Waals surface area contributed by atoms with Crippen LogP contribution in [-0.2, 0) is 13.7 Å². The van der Waals surface area contributed by atoms with Gasteiger partial charge in [-0.25, -0.2) is 9.67 Å². The van der Waals surface area contributed by atoms with Gasteiger partial charge in [-0.2, -0.15) is 0 Å². The van der Waals surface area contributed by atoms with E-state index in [2.05, 4.69) is 4.99 Å². The van der Waals surface area contributed by atoms with Crippen LogP contribution >= 0.6 is 0 Å². The lowest BCUT2D eigenvalue weighted by Gasteiger charge is -2.11. The lowest BCUT2D eigenvalue weighted by Crippen LogP contribution is -2.19. The molecule has 0 saturated heterocycles. The maximum Gasteiger partial charge on any atom is 0.297 e. The second kappa shape index (κ2) is 9.39. The van der Waals surface area contributed by atoms with Crippen molar-refractivity contribution in [3.63, 3.8) is 0 Å². The third-order valence-electron chi connectivity index (χ3n) is 5.29. The first-order valence-corrected chi connectivity index (χ1v) is 10.3. The molecular formula is C26H25N3O3. The highest BCUT2D eigenvalue weighted by molar-refractivity contribution is 5.83. The van der Waals surface area contributed by atoms with Crippen molar-refractivity contribution in [1.29, 1.82) is 0 Å². The fourth-order valence-electron chi connectivity index (χ4n) is 3.46. The van der Waals surface area contributed by atoms with Crippen LogP contribution in [-0.4, -0.2) is 22.7 Å². The number of benzene rings is 3. The van der Waals surface area contributed by atoms with Crippen LogP contribution in [0.25, 0.3) is 5.69 Å². The molecule has 4 rings (SSSR count). The first kappa shape index (κ1) is 21.2. The van der Waals surface area contributed by atoms with Crippen LogP contribution in [0.3, 0.4) is 0 Å². The largest absolute Gasteiger partial charge is 0.493 e. The molecule has 1 aromatic heterocycles. The third-order valence-corrected chi connectivity index (χ3v) is 5.29. The molecule has 0 radical (unpaired) electrons. The number of aromatic nitrogens is 2. The average molecular weight is 428 g/mol. The molecular weight excluding hydrogens is 402 g/mol. The number of hydrogen-bond donors (Lipinski definition) is 0. The Morgan fingerprint density at radius 3 is 2.31 bits per heavy atom. The summed E-state index contributed by atoms with van der Waals surface area (Å²) in [6.45, 7) is 2.33. The molecule has 0 bridgehead atoms.